The van der Waals surface area contributed by atoms with E-state index in [1.165, 1.54) is 6.08 Å². The molecule has 7 nitrogen and oxygen atoms in total. The maximum atomic E-state index is 13.2. The first-order chi connectivity index (χ1) is 13.6. The molecule has 0 aromatic heterocycles. The van der Waals surface area contributed by atoms with Gasteiger partial charge in [-0.3, -0.25) is 4.90 Å². The summed E-state index contributed by atoms with van der Waals surface area (Å²) in [5.74, 6) is 0.183. The van der Waals surface area contributed by atoms with E-state index in [9.17, 15) is 9.59 Å². The number of carbonyl (C=O) groups is 2. The lowest BCUT2D eigenvalue weighted by atomic mass is 9.78. The third-order valence-corrected chi connectivity index (χ3v) is 5.82. The fraction of sp³-hybridized carbons (Fsp3) is 0.727. The lowest BCUT2D eigenvalue weighted by molar-refractivity contribution is -0.0464. The lowest BCUT2D eigenvalue weighted by Gasteiger charge is -2.42. The van der Waals surface area contributed by atoms with Crippen LogP contribution in [0.15, 0.2) is 24.8 Å². The first kappa shape index (κ1) is 26.2. The zero-order valence-electron chi connectivity index (χ0n) is 20.0. The molecule has 0 bridgehead atoms. The molecule has 172 valence electrons. The van der Waals surface area contributed by atoms with Crippen molar-refractivity contribution in [2.75, 3.05) is 19.7 Å². The first-order valence-electron chi connectivity index (χ1n) is 10.5. The molecule has 0 radical (unpaired) electrons. The Hall–Kier alpha value is -1.80. The second kappa shape index (κ2) is 10.0. The largest absolute Gasteiger partial charge is 0.445 e. The molecule has 0 spiro atoms. The van der Waals surface area contributed by atoms with Gasteiger partial charge in [-0.25, -0.2) is 9.59 Å². The van der Waals surface area contributed by atoms with E-state index in [2.05, 4.69) is 52.3 Å². The highest BCUT2D eigenvalue weighted by Crippen LogP contribution is 2.46. The fourth-order valence-electron chi connectivity index (χ4n) is 3.42. The normalized spacial score (nSPS) is 22.0. The summed E-state index contributed by atoms with van der Waals surface area (Å²) in [6.45, 7) is 24.6. The van der Waals surface area contributed by atoms with E-state index in [4.69, 9.17) is 13.9 Å². The average molecular weight is 441 g/mol. The molecule has 1 aliphatic heterocycles. The van der Waals surface area contributed by atoms with Crippen molar-refractivity contribution in [3.05, 3.63) is 24.8 Å². The molecule has 1 saturated heterocycles. The summed E-state index contributed by atoms with van der Waals surface area (Å²) in [6, 6.07) is 0. The van der Waals surface area contributed by atoms with Crippen LogP contribution in [0.4, 0.5) is 9.59 Å². The Morgan fingerprint density at radius 1 is 1.23 bits per heavy atom. The van der Waals surface area contributed by atoms with Crippen molar-refractivity contribution in [2.24, 2.45) is 11.3 Å². The number of amides is 2. The topological polar surface area (TPSA) is 77.1 Å². The van der Waals surface area contributed by atoms with Crippen molar-refractivity contribution < 1.29 is 23.5 Å². The smallest absolute Gasteiger partial charge is 0.412 e. The number of rotatable bonds is 7. The van der Waals surface area contributed by atoms with Gasteiger partial charge in [-0.05, 0) is 50.8 Å². The van der Waals surface area contributed by atoms with Crippen LogP contribution in [0.5, 0.6) is 0 Å². The Kier molecular flexibility index (Phi) is 8.75. The van der Waals surface area contributed by atoms with Crippen LogP contribution in [0, 0.1) is 11.3 Å². The van der Waals surface area contributed by atoms with E-state index in [-0.39, 0.29) is 24.5 Å². The number of ether oxygens (including phenoxy) is 2. The van der Waals surface area contributed by atoms with Gasteiger partial charge in [0, 0.05) is 19.5 Å². The summed E-state index contributed by atoms with van der Waals surface area (Å²) in [4.78, 5) is 26.8. The molecule has 2 amide bonds. The van der Waals surface area contributed by atoms with Crippen LogP contribution >= 0.6 is 0 Å². The molecule has 0 aliphatic carbocycles. The van der Waals surface area contributed by atoms with Gasteiger partial charge in [0.1, 0.15) is 12.2 Å². The SMILES string of the molecule is C=CCOC(=O)NCC(=C)[C@@]1(O[SiH](C)C)C[C@H](C(C)(C)C)CN1C(=O)OC(C)(C)C. The van der Waals surface area contributed by atoms with Gasteiger partial charge in [0.15, 0.2) is 14.8 Å². The molecular formula is C22H40N2O5Si. The molecule has 1 rings (SSSR count). The van der Waals surface area contributed by atoms with Crippen LogP contribution in [0.25, 0.3) is 0 Å². The molecule has 2 atom stereocenters. The van der Waals surface area contributed by atoms with Gasteiger partial charge in [-0.2, -0.15) is 0 Å². The number of nitrogens with one attached hydrogen (secondary N) is 1. The maximum absolute atomic E-state index is 13.2. The van der Waals surface area contributed by atoms with Crippen molar-refractivity contribution in [1.82, 2.24) is 10.2 Å². The Morgan fingerprint density at radius 2 is 1.83 bits per heavy atom. The highest BCUT2D eigenvalue weighted by molar-refractivity contribution is 6.48. The first-order valence-corrected chi connectivity index (χ1v) is 13.3. The monoisotopic (exact) mass is 440 g/mol. The van der Waals surface area contributed by atoms with E-state index in [1.54, 1.807) is 4.90 Å². The van der Waals surface area contributed by atoms with E-state index < -0.39 is 32.6 Å². The summed E-state index contributed by atoms with van der Waals surface area (Å²) in [7, 11) is -1.60. The summed E-state index contributed by atoms with van der Waals surface area (Å²) < 4.78 is 17.2. The summed E-state index contributed by atoms with van der Waals surface area (Å²) in [5.41, 5.74) is -1.09. The highest BCUT2D eigenvalue weighted by Gasteiger charge is 2.54. The number of nitrogens with zero attached hydrogens (tertiary/aromatic N) is 1. The van der Waals surface area contributed by atoms with Crippen molar-refractivity contribution in [1.29, 1.82) is 0 Å². The van der Waals surface area contributed by atoms with Crippen molar-refractivity contribution in [3.63, 3.8) is 0 Å². The van der Waals surface area contributed by atoms with Crippen LogP contribution in [0.2, 0.25) is 13.1 Å². The van der Waals surface area contributed by atoms with Crippen LogP contribution in [0.1, 0.15) is 48.0 Å². The Labute approximate surface area is 183 Å². The molecule has 1 aliphatic rings. The molecule has 30 heavy (non-hydrogen) atoms. The number of likely N-dealkylation sites (tertiary alicyclic amines) is 1. The Morgan fingerprint density at radius 3 is 2.30 bits per heavy atom. The summed E-state index contributed by atoms with van der Waals surface area (Å²) >= 11 is 0. The molecular weight excluding hydrogens is 400 g/mol. The molecule has 1 fully saturated rings. The van der Waals surface area contributed by atoms with Gasteiger partial charge in [-0.15, -0.1) is 0 Å². The second-order valence-corrected chi connectivity index (χ2v) is 12.5. The van der Waals surface area contributed by atoms with E-state index in [0.717, 1.165) is 0 Å². The van der Waals surface area contributed by atoms with Gasteiger partial charge in [-0.1, -0.05) is 40.0 Å². The molecule has 0 saturated carbocycles. The number of carbonyl (C=O) groups excluding carboxylic acids is 2. The van der Waals surface area contributed by atoms with Crippen LogP contribution in [0.3, 0.4) is 0 Å². The van der Waals surface area contributed by atoms with Crippen LogP contribution < -0.4 is 5.32 Å². The standard InChI is InChI=1S/C22H40N2O5Si/c1-11-12-27-18(25)23-14-16(2)22(29-30(9)10)13-17(20(3,4)5)15-24(22)19(26)28-21(6,7)8/h11,17,30H,1-2,12-15H2,3-10H3,(H,23,25)/t17-,22-/m0/s1. The summed E-state index contributed by atoms with van der Waals surface area (Å²) in [5, 5.41) is 2.70. The number of alkyl carbamates (subject to hydrolysis) is 1. The fourth-order valence-corrected chi connectivity index (χ4v) is 4.59. The van der Waals surface area contributed by atoms with E-state index >= 15 is 0 Å². The van der Waals surface area contributed by atoms with Crippen LogP contribution in [-0.2, 0) is 13.9 Å². The van der Waals surface area contributed by atoms with Crippen molar-refractivity contribution >= 4 is 21.2 Å². The molecule has 0 unspecified atom stereocenters. The van der Waals surface area contributed by atoms with E-state index in [1.807, 2.05) is 20.8 Å². The predicted molar refractivity (Wildman–Crippen MR) is 122 cm³/mol. The quantitative estimate of drug-likeness (QED) is 0.467. The average Bonchev–Trinajstić information content (AvgIpc) is 2.96. The zero-order valence-corrected chi connectivity index (χ0v) is 21.1. The van der Waals surface area contributed by atoms with Crippen LogP contribution in [-0.4, -0.2) is 57.1 Å². The van der Waals surface area contributed by atoms with Crippen molar-refractivity contribution in [3.8, 4) is 0 Å². The zero-order chi connectivity index (χ0) is 23.3. The molecule has 0 aromatic carbocycles. The summed E-state index contributed by atoms with van der Waals surface area (Å²) in [6.07, 6.45) is 1.10. The number of hydrogen-bond acceptors (Lipinski definition) is 5. The van der Waals surface area contributed by atoms with Gasteiger partial charge in [0.25, 0.3) is 0 Å². The van der Waals surface area contributed by atoms with Gasteiger partial charge in [0.05, 0.1) is 0 Å². The molecule has 0 aromatic rings. The van der Waals surface area contributed by atoms with Gasteiger partial charge >= 0.3 is 12.2 Å². The minimum absolute atomic E-state index is 0.0412. The minimum Gasteiger partial charge on any atom is -0.445 e. The van der Waals surface area contributed by atoms with Crippen molar-refractivity contribution in [2.45, 2.75) is 72.4 Å². The Balaban J connectivity index is 3.24. The predicted octanol–water partition coefficient (Wildman–Crippen LogP) is 4.45. The second-order valence-electron chi connectivity index (χ2n) is 10.2. The highest BCUT2D eigenvalue weighted by atomic mass is 28.3. The molecule has 8 heteroatoms. The van der Waals surface area contributed by atoms with Gasteiger partial charge < -0.3 is 19.2 Å². The van der Waals surface area contributed by atoms with Gasteiger partial charge in [0.2, 0.25) is 0 Å². The minimum atomic E-state index is -1.60. The lowest BCUT2D eigenvalue weighted by Crippen LogP contribution is -2.55. The Bertz CT molecular complexity index is 651. The third kappa shape index (κ3) is 7.16. The molecule has 1 N–H and O–H groups in total. The van der Waals surface area contributed by atoms with E-state index in [0.29, 0.717) is 18.5 Å². The molecule has 1 heterocycles. The number of hydrogen-bond donors (Lipinski definition) is 1. The third-order valence-electron chi connectivity index (χ3n) is 4.96. The maximum Gasteiger partial charge on any atom is 0.412 e.